The number of nitrogens with one attached hydrogen (secondary N) is 3. The minimum absolute atomic E-state index is 0.0720. The highest BCUT2D eigenvalue weighted by Gasteiger charge is 2.29. The topological polar surface area (TPSA) is 151 Å². The third kappa shape index (κ3) is 10.4. The number of hydrogen-bond donors (Lipinski definition) is 3. The van der Waals surface area contributed by atoms with Crippen molar-refractivity contribution in [3.63, 3.8) is 0 Å². The summed E-state index contributed by atoms with van der Waals surface area (Å²) in [6.45, 7) is 6.91. The van der Waals surface area contributed by atoms with Crippen LogP contribution in [0.15, 0.2) is 60.8 Å². The molecular weight excluding hydrogens is 664 g/mol. The fraction of sp³-hybridized carbons (Fsp3) is 0.462. The summed E-state index contributed by atoms with van der Waals surface area (Å²) in [5, 5.41) is 9.04. The number of hydrogen-bond acceptors (Lipinski definition) is 9. The van der Waals surface area contributed by atoms with E-state index in [9.17, 15) is 19.2 Å². The molecule has 2 bridgehead atoms. The van der Waals surface area contributed by atoms with Gasteiger partial charge in [-0.3, -0.25) is 19.2 Å². The standard InChI is InChI=1S/C39H50N6O7/c1-26(2)20-31-24-45(39(49)30-10-14-35(41-23-30)44-16-18-52-19-17-44)25-36(46)40-15-5-6-28-22-29(9-13-34(28)51-4)37(47)43-33(38(48)42-31)21-27-7-11-32(50-3)12-8-27/h7-14,22-23,26,31,33H,5-6,15-21,24-25H2,1-4H3,(H,40,46)(H,42,48)(H,43,47)/t31-,33-/m0/s1. The number of morpholine rings is 1. The number of nitrogens with zero attached hydrogens (tertiary/aromatic N) is 3. The van der Waals surface area contributed by atoms with Gasteiger partial charge in [-0.05, 0) is 78.8 Å². The van der Waals surface area contributed by atoms with E-state index < -0.39 is 23.9 Å². The van der Waals surface area contributed by atoms with Gasteiger partial charge in [0, 0.05) is 50.4 Å². The van der Waals surface area contributed by atoms with E-state index in [4.69, 9.17) is 14.2 Å². The Kier molecular flexibility index (Phi) is 13.4. The molecule has 0 unspecified atom stereocenters. The molecule has 2 aliphatic heterocycles. The number of aryl methyl sites for hydroxylation is 1. The minimum atomic E-state index is -0.943. The van der Waals surface area contributed by atoms with Crippen LogP contribution in [0.2, 0.25) is 0 Å². The van der Waals surface area contributed by atoms with Gasteiger partial charge in [0.2, 0.25) is 11.8 Å². The molecule has 4 amide bonds. The van der Waals surface area contributed by atoms with E-state index in [1.54, 1.807) is 44.6 Å². The van der Waals surface area contributed by atoms with Crippen LogP contribution in [0.3, 0.4) is 0 Å². The van der Waals surface area contributed by atoms with Crippen molar-refractivity contribution in [1.29, 1.82) is 0 Å². The fourth-order valence-electron chi connectivity index (χ4n) is 6.51. The third-order valence-electron chi connectivity index (χ3n) is 9.20. The Morgan fingerprint density at radius 2 is 1.75 bits per heavy atom. The molecule has 1 fully saturated rings. The zero-order valence-corrected chi connectivity index (χ0v) is 30.5. The van der Waals surface area contributed by atoms with E-state index in [0.29, 0.717) is 74.7 Å². The van der Waals surface area contributed by atoms with E-state index in [1.807, 2.05) is 38.1 Å². The average Bonchev–Trinajstić information content (AvgIpc) is 3.15. The number of amides is 4. The van der Waals surface area contributed by atoms with Crippen molar-refractivity contribution in [2.75, 3.05) is 65.1 Å². The second-order valence-electron chi connectivity index (χ2n) is 13.6. The lowest BCUT2D eigenvalue weighted by Crippen LogP contribution is -2.54. The van der Waals surface area contributed by atoms with Gasteiger partial charge in [-0.2, -0.15) is 0 Å². The van der Waals surface area contributed by atoms with E-state index >= 15 is 0 Å². The van der Waals surface area contributed by atoms with Crippen molar-refractivity contribution >= 4 is 29.4 Å². The van der Waals surface area contributed by atoms with E-state index in [-0.39, 0.29) is 37.2 Å². The van der Waals surface area contributed by atoms with Crippen LogP contribution in [0.25, 0.3) is 0 Å². The summed E-state index contributed by atoms with van der Waals surface area (Å²) in [7, 11) is 3.15. The predicted octanol–water partition coefficient (Wildman–Crippen LogP) is 3.01. The number of rotatable bonds is 8. The third-order valence-corrected chi connectivity index (χ3v) is 9.20. The van der Waals surface area contributed by atoms with Crippen LogP contribution in [0.1, 0.15) is 58.5 Å². The Morgan fingerprint density at radius 1 is 0.981 bits per heavy atom. The molecule has 13 heteroatoms. The molecule has 2 atom stereocenters. The first-order chi connectivity index (χ1) is 25.1. The molecule has 1 aromatic heterocycles. The highest BCUT2D eigenvalue weighted by atomic mass is 16.5. The van der Waals surface area contributed by atoms with E-state index in [2.05, 4.69) is 25.8 Å². The Morgan fingerprint density at radius 3 is 2.42 bits per heavy atom. The zero-order valence-electron chi connectivity index (χ0n) is 30.5. The molecule has 52 heavy (non-hydrogen) atoms. The molecule has 3 heterocycles. The Balaban J connectivity index is 1.45. The van der Waals surface area contributed by atoms with Gasteiger partial charge < -0.3 is 40.0 Å². The molecule has 3 N–H and O–H groups in total. The Hall–Kier alpha value is -5.17. The van der Waals surface area contributed by atoms with Crippen LogP contribution in [0, 0.1) is 5.92 Å². The van der Waals surface area contributed by atoms with Crippen molar-refractivity contribution < 1.29 is 33.4 Å². The summed E-state index contributed by atoms with van der Waals surface area (Å²) in [5.74, 6) is 0.691. The van der Waals surface area contributed by atoms with Crippen molar-refractivity contribution in [3.05, 3.63) is 83.0 Å². The van der Waals surface area contributed by atoms with Crippen LogP contribution in [-0.4, -0.2) is 106 Å². The molecule has 1 saturated heterocycles. The maximum absolute atomic E-state index is 14.2. The van der Waals surface area contributed by atoms with Gasteiger partial charge in [0.25, 0.3) is 11.8 Å². The summed E-state index contributed by atoms with van der Waals surface area (Å²) < 4.78 is 16.3. The molecular formula is C39H50N6O7. The molecule has 278 valence electrons. The van der Waals surface area contributed by atoms with Crippen LogP contribution in [0.5, 0.6) is 11.5 Å². The number of carbonyl (C=O) groups is 4. The lowest BCUT2D eigenvalue weighted by Gasteiger charge is -2.31. The van der Waals surface area contributed by atoms with Gasteiger partial charge >= 0.3 is 0 Å². The first-order valence-corrected chi connectivity index (χ1v) is 17.9. The maximum Gasteiger partial charge on any atom is 0.255 e. The molecule has 0 spiro atoms. The minimum Gasteiger partial charge on any atom is -0.497 e. The number of anilines is 1. The number of ether oxygens (including phenoxy) is 3. The predicted molar refractivity (Wildman–Crippen MR) is 197 cm³/mol. The van der Waals surface area contributed by atoms with E-state index in [0.717, 1.165) is 16.9 Å². The lowest BCUT2D eigenvalue weighted by atomic mass is 10.00. The molecule has 3 aromatic rings. The second-order valence-corrected chi connectivity index (χ2v) is 13.6. The molecule has 5 rings (SSSR count). The van der Waals surface area contributed by atoms with Crippen LogP contribution in [-0.2, 0) is 27.2 Å². The average molecular weight is 715 g/mol. The van der Waals surface area contributed by atoms with Gasteiger partial charge in [0.05, 0.1) is 39.5 Å². The highest BCUT2D eigenvalue weighted by Crippen LogP contribution is 2.22. The van der Waals surface area contributed by atoms with Crippen LogP contribution >= 0.6 is 0 Å². The molecule has 0 radical (unpaired) electrons. The number of carbonyl (C=O) groups excluding carboxylic acids is 4. The van der Waals surface area contributed by atoms with Crippen molar-refractivity contribution in [1.82, 2.24) is 25.8 Å². The first-order valence-electron chi connectivity index (χ1n) is 17.9. The van der Waals surface area contributed by atoms with Crippen LogP contribution in [0.4, 0.5) is 5.82 Å². The SMILES string of the molecule is COc1ccc(C[C@@H]2NC(=O)c3ccc(OC)c(c3)CCCNC(=O)CN(C(=O)c3ccc(N4CCOCC4)nc3)C[C@H](CC(C)C)NC2=O)cc1. The largest absolute Gasteiger partial charge is 0.497 e. The maximum atomic E-state index is 14.2. The first kappa shape index (κ1) is 38.1. The van der Waals surface area contributed by atoms with Gasteiger partial charge in [-0.25, -0.2) is 4.98 Å². The summed E-state index contributed by atoms with van der Waals surface area (Å²) in [4.78, 5) is 63.5. The number of benzene rings is 2. The normalized spacial score (nSPS) is 19.3. The number of fused-ring (bicyclic) bond motifs is 2. The van der Waals surface area contributed by atoms with Gasteiger partial charge in [0.1, 0.15) is 23.4 Å². The summed E-state index contributed by atoms with van der Waals surface area (Å²) in [6.07, 6.45) is 3.37. The number of methoxy groups -OCH3 is 2. The highest BCUT2D eigenvalue weighted by molar-refractivity contribution is 5.98. The molecule has 13 nitrogen and oxygen atoms in total. The number of pyridine rings is 1. The molecule has 0 saturated carbocycles. The van der Waals surface area contributed by atoms with Crippen LogP contribution < -0.4 is 30.3 Å². The van der Waals surface area contributed by atoms with Gasteiger partial charge in [-0.15, -0.1) is 0 Å². The fourth-order valence-corrected chi connectivity index (χ4v) is 6.51. The molecule has 2 aromatic carbocycles. The van der Waals surface area contributed by atoms with Crippen molar-refractivity contribution in [3.8, 4) is 11.5 Å². The molecule has 0 aliphatic carbocycles. The lowest BCUT2D eigenvalue weighted by molar-refractivity contribution is -0.123. The monoisotopic (exact) mass is 714 g/mol. The quantitative estimate of drug-likeness (QED) is 0.320. The van der Waals surface area contributed by atoms with Gasteiger partial charge in [0.15, 0.2) is 0 Å². The Labute approximate surface area is 305 Å². The van der Waals surface area contributed by atoms with Crippen molar-refractivity contribution in [2.45, 2.75) is 51.6 Å². The molecule has 2 aliphatic rings. The second kappa shape index (κ2) is 18.4. The van der Waals surface area contributed by atoms with Gasteiger partial charge in [-0.1, -0.05) is 26.0 Å². The summed E-state index contributed by atoms with van der Waals surface area (Å²) in [5.41, 5.74) is 2.35. The summed E-state index contributed by atoms with van der Waals surface area (Å²) >= 11 is 0. The number of aromatic nitrogens is 1. The van der Waals surface area contributed by atoms with E-state index in [1.165, 1.54) is 11.1 Å². The Bertz CT molecular complexity index is 1680. The summed E-state index contributed by atoms with van der Waals surface area (Å²) in [6, 6.07) is 14.6. The van der Waals surface area contributed by atoms with Crippen molar-refractivity contribution in [2.24, 2.45) is 5.92 Å². The zero-order chi connectivity index (χ0) is 37.0. The smallest absolute Gasteiger partial charge is 0.255 e.